The van der Waals surface area contributed by atoms with E-state index in [0.29, 0.717) is 19.1 Å². The molecule has 0 aliphatic carbocycles. The lowest BCUT2D eigenvalue weighted by atomic mass is 9.97. The number of rotatable bonds is 10. The molecule has 0 bridgehead atoms. The molecular weight excluding hydrogens is 270 g/mol. The van der Waals surface area contributed by atoms with Crippen molar-refractivity contribution in [2.24, 2.45) is 5.92 Å². The SMILES string of the molecule is COCCNCC1CCN(CC(=O)NC(C)COC)CC1. The van der Waals surface area contributed by atoms with Crippen molar-refractivity contribution in [3.63, 3.8) is 0 Å². The molecule has 1 rings (SSSR count). The average molecular weight is 301 g/mol. The van der Waals surface area contributed by atoms with Gasteiger partial charge in [0.25, 0.3) is 0 Å². The predicted molar refractivity (Wildman–Crippen MR) is 83.4 cm³/mol. The van der Waals surface area contributed by atoms with Crippen molar-refractivity contribution in [2.45, 2.75) is 25.8 Å². The minimum Gasteiger partial charge on any atom is -0.383 e. The highest BCUT2D eigenvalue weighted by atomic mass is 16.5. The second-order valence-electron chi connectivity index (χ2n) is 5.84. The maximum atomic E-state index is 11.9. The monoisotopic (exact) mass is 301 g/mol. The summed E-state index contributed by atoms with van der Waals surface area (Å²) in [5.74, 6) is 0.810. The Labute approximate surface area is 128 Å². The third-order valence-corrected chi connectivity index (χ3v) is 3.81. The number of methoxy groups -OCH3 is 2. The van der Waals surface area contributed by atoms with Crippen LogP contribution in [0.5, 0.6) is 0 Å². The van der Waals surface area contributed by atoms with Gasteiger partial charge in [-0.25, -0.2) is 0 Å². The number of amides is 1. The smallest absolute Gasteiger partial charge is 0.234 e. The standard InChI is InChI=1S/C15H31N3O3/c1-13(12-21-3)17-15(19)11-18-7-4-14(5-8-18)10-16-6-9-20-2/h13-14,16H,4-12H2,1-3H3,(H,17,19). The molecule has 0 aromatic carbocycles. The van der Waals surface area contributed by atoms with Crippen molar-refractivity contribution >= 4 is 5.91 Å². The summed E-state index contributed by atoms with van der Waals surface area (Å²) in [6, 6.07) is 0.0741. The van der Waals surface area contributed by atoms with Crippen LogP contribution in [0.3, 0.4) is 0 Å². The minimum atomic E-state index is 0.0741. The van der Waals surface area contributed by atoms with E-state index in [1.807, 2.05) is 6.92 Å². The number of hydrogen-bond donors (Lipinski definition) is 2. The molecule has 0 saturated carbocycles. The maximum absolute atomic E-state index is 11.9. The first kappa shape index (κ1) is 18.4. The van der Waals surface area contributed by atoms with Crippen LogP contribution in [0.25, 0.3) is 0 Å². The van der Waals surface area contributed by atoms with E-state index in [9.17, 15) is 4.79 Å². The minimum absolute atomic E-state index is 0.0741. The van der Waals surface area contributed by atoms with E-state index in [1.54, 1.807) is 14.2 Å². The van der Waals surface area contributed by atoms with Crippen LogP contribution in [0, 0.1) is 5.92 Å². The molecule has 2 N–H and O–H groups in total. The number of carbonyl (C=O) groups excluding carboxylic acids is 1. The van der Waals surface area contributed by atoms with E-state index in [-0.39, 0.29) is 11.9 Å². The molecule has 1 aliphatic rings. The summed E-state index contributed by atoms with van der Waals surface area (Å²) in [5.41, 5.74) is 0. The largest absolute Gasteiger partial charge is 0.383 e. The van der Waals surface area contributed by atoms with Crippen LogP contribution in [-0.2, 0) is 14.3 Å². The molecule has 0 aromatic heterocycles. The predicted octanol–water partition coefficient (Wildman–Crippen LogP) is 0.0855. The Hall–Kier alpha value is -0.690. The maximum Gasteiger partial charge on any atom is 0.234 e. The van der Waals surface area contributed by atoms with Gasteiger partial charge in [-0.3, -0.25) is 9.69 Å². The van der Waals surface area contributed by atoms with Crippen LogP contribution in [0.1, 0.15) is 19.8 Å². The molecule has 0 spiro atoms. The molecule has 6 nitrogen and oxygen atoms in total. The third kappa shape index (κ3) is 8.36. The summed E-state index contributed by atoms with van der Waals surface area (Å²) in [6.45, 7) is 7.74. The highest BCUT2D eigenvalue weighted by molar-refractivity contribution is 5.78. The van der Waals surface area contributed by atoms with Gasteiger partial charge in [0, 0.05) is 26.8 Å². The van der Waals surface area contributed by atoms with Crippen LogP contribution < -0.4 is 10.6 Å². The Bertz CT molecular complexity index is 281. The average Bonchev–Trinajstić information content (AvgIpc) is 2.45. The molecule has 1 saturated heterocycles. The normalized spacial score (nSPS) is 18.6. The van der Waals surface area contributed by atoms with E-state index in [1.165, 1.54) is 0 Å². The first-order valence-corrected chi connectivity index (χ1v) is 7.86. The summed E-state index contributed by atoms with van der Waals surface area (Å²) in [5, 5.41) is 6.37. The van der Waals surface area contributed by atoms with Crippen LogP contribution in [0.4, 0.5) is 0 Å². The van der Waals surface area contributed by atoms with Gasteiger partial charge < -0.3 is 20.1 Å². The van der Waals surface area contributed by atoms with Crippen molar-refractivity contribution in [2.75, 3.05) is 60.2 Å². The van der Waals surface area contributed by atoms with E-state index >= 15 is 0 Å². The molecule has 1 atom stereocenters. The van der Waals surface area contributed by atoms with Crippen molar-refractivity contribution in [3.8, 4) is 0 Å². The fraction of sp³-hybridized carbons (Fsp3) is 0.933. The highest BCUT2D eigenvalue weighted by Crippen LogP contribution is 2.15. The molecule has 1 aliphatic heterocycles. The summed E-state index contributed by atoms with van der Waals surface area (Å²) in [6.07, 6.45) is 2.31. The van der Waals surface area contributed by atoms with E-state index in [2.05, 4.69) is 15.5 Å². The molecule has 0 radical (unpaired) electrons. The van der Waals surface area contributed by atoms with Crippen molar-refractivity contribution in [1.29, 1.82) is 0 Å². The quantitative estimate of drug-likeness (QED) is 0.560. The zero-order chi connectivity index (χ0) is 15.5. The van der Waals surface area contributed by atoms with E-state index in [0.717, 1.165) is 45.6 Å². The molecule has 1 unspecified atom stereocenters. The van der Waals surface area contributed by atoms with Gasteiger partial charge in [-0.05, 0) is 45.3 Å². The van der Waals surface area contributed by atoms with Crippen LogP contribution >= 0.6 is 0 Å². The Morgan fingerprint density at radius 1 is 1.29 bits per heavy atom. The van der Waals surface area contributed by atoms with Gasteiger partial charge in [-0.1, -0.05) is 0 Å². The van der Waals surface area contributed by atoms with Crippen molar-refractivity contribution in [3.05, 3.63) is 0 Å². The Kier molecular flexibility index (Phi) is 9.58. The number of hydrogen-bond acceptors (Lipinski definition) is 5. The first-order chi connectivity index (χ1) is 10.2. The van der Waals surface area contributed by atoms with Crippen molar-refractivity contribution < 1.29 is 14.3 Å². The number of carbonyl (C=O) groups is 1. The summed E-state index contributed by atoms with van der Waals surface area (Å²) >= 11 is 0. The second-order valence-corrected chi connectivity index (χ2v) is 5.84. The molecule has 1 heterocycles. The summed E-state index contributed by atoms with van der Waals surface area (Å²) in [4.78, 5) is 14.1. The number of ether oxygens (including phenoxy) is 2. The zero-order valence-electron chi connectivity index (χ0n) is 13.7. The number of piperidine rings is 1. The Morgan fingerprint density at radius 2 is 2.00 bits per heavy atom. The fourth-order valence-corrected chi connectivity index (χ4v) is 2.64. The molecular formula is C15H31N3O3. The molecule has 124 valence electrons. The van der Waals surface area contributed by atoms with Gasteiger partial charge >= 0.3 is 0 Å². The van der Waals surface area contributed by atoms with Crippen LogP contribution in [-0.4, -0.2) is 77.0 Å². The van der Waals surface area contributed by atoms with Gasteiger partial charge in [0.1, 0.15) is 0 Å². The molecule has 21 heavy (non-hydrogen) atoms. The lowest BCUT2D eigenvalue weighted by molar-refractivity contribution is -0.123. The van der Waals surface area contributed by atoms with E-state index < -0.39 is 0 Å². The van der Waals surface area contributed by atoms with Crippen LogP contribution in [0.15, 0.2) is 0 Å². The van der Waals surface area contributed by atoms with Gasteiger partial charge in [-0.15, -0.1) is 0 Å². The topological polar surface area (TPSA) is 62.8 Å². The van der Waals surface area contributed by atoms with Crippen LogP contribution in [0.2, 0.25) is 0 Å². The molecule has 0 aromatic rings. The summed E-state index contributed by atoms with van der Waals surface area (Å²) < 4.78 is 10.0. The number of nitrogens with zero attached hydrogens (tertiary/aromatic N) is 1. The molecule has 6 heteroatoms. The zero-order valence-corrected chi connectivity index (χ0v) is 13.7. The molecule has 1 fully saturated rings. The number of likely N-dealkylation sites (tertiary alicyclic amines) is 1. The van der Waals surface area contributed by atoms with Gasteiger partial charge in [-0.2, -0.15) is 0 Å². The molecule has 1 amide bonds. The van der Waals surface area contributed by atoms with E-state index in [4.69, 9.17) is 9.47 Å². The third-order valence-electron chi connectivity index (χ3n) is 3.81. The lowest BCUT2D eigenvalue weighted by Crippen LogP contribution is -2.45. The van der Waals surface area contributed by atoms with Gasteiger partial charge in [0.05, 0.1) is 19.8 Å². The first-order valence-electron chi connectivity index (χ1n) is 7.86. The summed E-state index contributed by atoms with van der Waals surface area (Å²) in [7, 11) is 3.37. The Morgan fingerprint density at radius 3 is 2.62 bits per heavy atom. The lowest BCUT2D eigenvalue weighted by Gasteiger charge is -2.31. The number of nitrogens with one attached hydrogen (secondary N) is 2. The Balaban J connectivity index is 2.11. The fourth-order valence-electron chi connectivity index (χ4n) is 2.64. The van der Waals surface area contributed by atoms with Crippen molar-refractivity contribution in [1.82, 2.24) is 15.5 Å². The second kappa shape index (κ2) is 11.0. The van der Waals surface area contributed by atoms with Gasteiger partial charge in [0.15, 0.2) is 0 Å². The van der Waals surface area contributed by atoms with Gasteiger partial charge in [0.2, 0.25) is 5.91 Å². The highest BCUT2D eigenvalue weighted by Gasteiger charge is 2.20.